The van der Waals surface area contributed by atoms with E-state index in [1.165, 1.54) is 4.31 Å². The van der Waals surface area contributed by atoms with Crippen LogP contribution in [0.4, 0.5) is 10.5 Å². The number of sulfonamides is 1. The number of para-hydroxylation sites is 1. The molecule has 132 valence electrons. The van der Waals surface area contributed by atoms with Crippen molar-refractivity contribution in [2.75, 3.05) is 17.6 Å². The van der Waals surface area contributed by atoms with E-state index in [9.17, 15) is 13.2 Å². The Hall–Kier alpha value is -2.38. The molecule has 25 heavy (non-hydrogen) atoms. The van der Waals surface area contributed by atoms with E-state index in [0.29, 0.717) is 30.9 Å². The number of anilines is 1. The number of hydrogen-bond donors (Lipinski definition) is 1. The number of nitrogens with zero attached hydrogens (tertiary/aromatic N) is 1. The molecule has 0 bridgehead atoms. The molecule has 0 saturated heterocycles. The van der Waals surface area contributed by atoms with Gasteiger partial charge in [0.2, 0.25) is 10.0 Å². The number of amides is 1. The second kappa shape index (κ2) is 7.25. The summed E-state index contributed by atoms with van der Waals surface area (Å²) in [4.78, 5) is 12.0. The number of nitrogens with one attached hydrogen (secondary N) is 1. The van der Waals surface area contributed by atoms with E-state index in [1.807, 2.05) is 12.1 Å². The molecule has 0 atom stereocenters. The lowest BCUT2D eigenvalue weighted by molar-refractivity contribution is 0.215. The first-order valence-corrected chi connectivity index (χ1v) is 9.72. The highest BCUT2D eigenvalue weighted by Gasteiger charge is 2.25. The van der Waals surface area contributed by atoms with Gasteiger partial charge in [0.1, 0.15) is 5.75 Å². The van der Waals surface area contributed by atoms with Crippen molar-refractivity contribution in [1.82, 2.24) is 4.31 Å². The minimum atomic E-state index is -3.22. The van der Waals surface area contributed by atoms with Crippen molar-refractivity contribution in [1.29, 1.82) is 0 Å². The first-order valence-electron chi connectivity index (χ1n) is 8.11. The van der Waals surface area contributed by atoms with Crippen molar-refractivity contribution < 1.29 is 17.9 Å². The zero-order valence-electron chi connectivity index (χ0n) is 13.9. The van der Waals surface area contributed by atoms with Gasteiger partial charge in [0, 0.05) is 18.8 Å². The zero-order chi connectivity index (χ0) is 17.9. The third-order valence-corrected chi connectivity index (χ3v) is 5.97. The molecule has 0 radical (unpaired) electrons. The molecule has 1 N–H and O–H groups in total. The number of ether oxygens (including phenoxy) is 1. The lowest BCUT2D eigenvalue weighted by Crippen LogP contribution is -2.36. The highest BCUT2D eigenvalue weighted by atomic mass is 32.2. The summed E-state index contributed by atoms with van der Waals surface area (Å²) in [6.45, 7) is 2.46. The Labute approximate surface area is 147 Å². The van der Waals surface area contributed by atoms with E-state index in [1.54, 1.807) is 43.3 Å². The lowest BCUT2D eigenvalue weighted by atomic mass is 10.0. The molecule has 6 nitrogen and oxygen atoms in total. The molecule has 0 spiro atoms. The normalized spacial score (nSPS) is 14.6. The Balaban J connectivity index is 1.71. The maximum absolute atomic E-state index is 12.1. The second-order valence-electron chi connectivity index (χ2n) is 5.80. The summed E-state index contributed by atoms with van der Waals surface area (Å²) >= 11 is 0. The Bertz CT molecular complexity index is 866. The average Bonchev–Trinajstić information content (AvgIpc) is 2.61. The molecule has 0 aliphatic carbocycles. The average molecular weight is 360 g/mol. The molecule has 1 aliphatic rings. The predicted molar refractivity (Wildman–Crippen MR) is 96.1 cm³/mol. The van der Waals surface area contributed by atoms with E-state index in [4.69, 9.17) is 4.74 Å². The van der Waals surface area contributed by atoms with Gasteiger partial charge in [-0.3, -0.25) is 5.32 Å². The number of hydrogen-bond acceptors (Lipinski definition) is 4. The maximum Gasteiger partial charge on any atom is 0.417 e. The number of benzene rings is 2. The van der Waals surface area contributed by atoms with Crippen LogP contribution < -0.4 is 10.1 Å². The van der Waals surface area contributed by atoms with Crippen LogP contribution in [0.2, 0.25) is 0 Å². The molecule has 1 amide bonds. The monoisotopic (exact) mass is 360 g/mol. The number of rotatable bonds is 4. The molecule has 0 fully saturated rings. The Morgan fingerprint density at radius 2 is 1.92 bits per heavy atom. The predicted octanol–water partition coefficient (Wildman–Crippen LogP) is 3.01. The molecule has 0 unspecified atom stereocenters. The molecule has 1 aliphatic heterocycles. The van der Waals surface area contributed by atoms with Crippen molar-refractivity contribution in [3.8, 4) is 5.75 Å². The van der Waals surface area contributed by atoms with E-state index in [0.717, 1.165) is 11.1 Å². The molecule has 7 heteroatoms. The van der Waals surface area contributed by atoms with Crippen LogP contribution in [0.1, 0.15) is 18.1 Å². The second-order valence-corrected chi connectivity index (χ2v) is 8.05. The van der Waals surface area contributed by atoms with E-state index in [2.05, 4.69) is 5.32 Å². The van der Waals surface area contributed by atoms with E-state index < -0.39 is 16.1 Å². The molecule has 1 heterocycles. The van der Waals surface area contributed by atoms with Crippen LogP contribution in [0.25, 0.3) is 0 Å². The van der Waals surface area contributed by atoms with Crippen LogP contribution in [0, 0.1) is 0 Å². The van der Waals surface area contributed by atoms with Gasteiger partial charge in [0.15, 0.2) is 0 Å². The summed E-state index contributed by atoms with van der Waals surface area (Å²) in [6.07, 6.45) is 0.0866. The summed E-state index contributed by atoms with van der Waals surface area (Å²) in [6, 6.07) is 14.3. The van der Waals surface area contributed by atoms with Crippen molar-refractivity contribution in [2.24, 2.45) is 0 Å². The van der Waals surface area contributed by atoms with Crippen LogP contribution >= 0.6 is 0 Å². The standard InChI is InChI=1S/C18H20N2O4S/c1-2-25(22,23)20-11-10-14-8-9-16(12-15(14)13-20)19-18(21)24-17-6-4-3-5-7-17/h3-9,12H,2,10-11,13H2,1H3,(H,19,21). The lowest BCUT2D eigenvalue weighted by Gasteiger charge is -2.28. The maximum atomic E-state index is 12.1. The molecule has 0 aromatic heterocycles. The third kappa shape index (κ3) is 4.18. The minimum Gasteiger partial charge on any atom is -0.410 e. The van der Waals surface area contributed by atoms with Gasteiger partial charge in [0.05, 0.1) is 5.75 Å². The number of carbonyl (C=O) groups excluding carboxylic acids is 1. The highest BCUT2D eigenvalue weighted by molar-refractivity contribution is 7.89. The summed E-state index contributed by atoms with van der Waals surface area (Å²) in [5, 5.41) is 2.68. The van der Waals surface area contributed by atoms with Gasteiger partial charge in [0.25, 0.3) is 0 Å². The molecular weight excluding hydrogens is 340 g/mol. The van der Waals surface area contributed by atoms with Gasteiger partial charge >= 0.3 is 6.09 Å². The highest BCUT2D eigenvalue weighted by Crippen LogP contribution is 2.24. The summed E-state index contributed by atoms with van der Waals surface area (Å²) in [5.41, 5.74) is 2.58. The van der Waals surface area contributed by atoms with Crippen LogP contribution in [0.3, 0.4) is 0 Å². The van der Waals surface area contributed by atoms with Gasteiger partial charge in [-0.15, -0.1) is 0 Å². The molecule has 3 rings (SSSR count). The largest absolute Gasteiger partial charge is 0.417 e. The van der Waals surface area contributed by atoms with E-state index in [-0.39, 0.29) is 5.75 Å². The summed E-state index contributed by atoms with van der Waals surface area (Å²) < 4.78 is 30.8. The SMILES string of the molecule is CCS(=O)(=O)N1CCc2ccc(NC(=O)Oc3ccccc3)cc2C1. The van der Waals surface area contributed by atoms with Crippen molar-refractivity contribution in [3.05, 3.63) is 59.7 Å². The van der Waals surface area contributed by atoms with Crippen LogP contribution in [-0.2, 0) is 23.0 Å². The van der Waals surface area contributed by atoms with Crippen molar-refractivity contribution >= 4 is 21.8 Å². The molecule has 2 aromatic carbocycles. The van der Waals surface area contributed by atoms with Gasteiger partial charge in [-0.1, -0.05) is 24.3 Å². The van der Waals surface area contributed by atoms with Crippen LogP contribution in [0.5, 0.6) is 5.75 Å². The Morgan fingerprint density at radius 1 is 1.16 bits per heavy atom. The van der Waals surface area contributed by atoms with E-state index >= 15 is 0 Å². The fourth-order valence-corrected chi connectivity index (χ4v) is 3.84. The first kappa shape index (κ1) is 17.4. The first-order chi connectivity index (χ1) is 12.0. The van der Waals surface area contributed by atoms with Crippen molar-refractivity contribution in [2.45, 2.75) is 19.9 Å². The molecule has 0 saturated carbocycles. The van der Waals surface area contributed by atoms with Crippen molar-refractivity contribution in [3.63, 3.8) is 0 Å². The Morgan fingerprint density at radius 3 is 2.64 bits per heavy atom. The van der Waals surface area contributed by atoms with Gasteiger partial charge in [-0.2, -0.15) is 4.31 Å². The topological polar surface area (TPSA) is 75.7 Å². The van der Waals surface area contributed by atoms with Gasteiger partial charge < -0.3 is 4.74 Å². The smallest absolute Gasteiger partial charge is 0.410 e. The summed E-state index contributed by atoms with van der Waals surface area (Å²) in [5.74, 6) is 0.544. The molecular formula is C18H20N2O4S. The number of fused-ring (bicyclic) bond motifs is 1. The van der Waals surface area contributed by atoms with Crippen LogP contribution in [0.15, 0.2) is 48.5 Å². The quantitative estimate of drug-likeness (QED) is 0.909. The minimum absolute atomic E-state index is 0.0870. The van der Waals surface area contributed by atoms with Gasteiger partial charge in [-0.05, 0) is 48.7 Å². The molecule has 2 aromatic rings. The third-order valence-electron chi connectivity index (χ3n) is 4.14. The van der Waals surface area contributed by atoms with Crippen LogP contribution in [-0.4, -0.2) is 31.1 Å². The zero-order valence-corrected chi connectivity index (χ0v) is 14.8. The summed E-state index contributed by atoms with van der Waals surface area (Å²) in [7, 11) is -3.22. The fraction of sp³-hybridized carbons (Fsp3) is 0.278. The Kier molecular flexibility index (Phi) is 5.06. The number of carbonyl (C=O) groups is 1. The van der Waals surface area contributed by atoms with Gasteiger partial charge in [-0.25, -0.2) is 13.2 Å². The fourth-order valence-electron chi connectivity index (χ4n) is 2.77.